The molecule has 1 aromatic rings. The fourth-order valence-corrected chi connectivity index (χ4v) is 2.44. The zero-order valence-corrected chi connectivity index (χ0v) is 11.9. The first kappa shape index (κ1) is 13.1. The van der Waals surface area contributed by atoms with Gasteiger partial charge in [-0.15, -0.1) is 0 Å². The molecule has 2 aliphatic rings. The van der Waals surface area contributed by atoms with Crippen LogP contribution >= 0.6 is 0 Å². The lowest BCUT2D eigenvalue weighted by atomic mass is 10.2. The minimum Gasteiger partial charge on any atom is -0.369 e. The number of nitrogens with one attached hydrogen (secondary N) is 1. The molecule has 0 radical (unpaired) electrons. The number of likely N-dealkylation sites (N-methyl/N-ethyl adjacent to an activating group) is 1. The molecule has 2 heterocycles. The number of anilines is 2. The summed E-state index contributed by atoms with van der Waals surface area (Å²) >= 11 is 0. The van der Waals surface area contributed by atoms with Crippen molar-refractivity contribution in [3.8, 4) is 0 Å². The number of benzene rings is 1. The molecule has 0 bridgehead atoms. The smallest absolute Gasteiger partial charge is 0.222 e. The van der Waals surface area contributed by atoms with Crippen molar-refractivity contribution >= 4 is 23.5 Å². The first-order valence-electron chi connectivity index (χ1n) is 7.19. The molecule has 5 nitrogen and oxygen atoms in total. The van der Waals surface area contributed by atoms with Crippen molar-refractivity contribution in [3.05, 3.63) is 24.3 Å². The van der Waals surface area contributed by atoms with Gasteiger partial charge >= 0.3 is 0 Å². The Morgan fingerprint density at radius 2 is 1.80 bits per heavy atom. The van der Waals surface area contributed by atoms with Crippen LogP contribution in [0.4, 0.5) is 11.4 Å². The Morgan fingerprint density at radius 1 is 1.05 bits per heavy atom. The van der Waals surface area contributed by atoms with Crippen LogP contribution in [0.2, 0.25) is 0 Å². The minimum absolute atomic E-state index is 0.712. The lowest BCUT2D eigenvalue weighted by molar-refractivity contribution is 0.313. The predicted molar refractivity (Wildman–Crippen MR) is 85.2 cm³/mol. The van der Waals surface area contributed by atoms with Gasteiger partial charge in [-0.05, 0) is 31.3 Å². The molecular formula is C15H21N5. The SMILES string of the molecule is CN1CCN(c2ccc(NC3=NCCC=N3)cc2)CC1. The number of hydrogen-bond acceptors (Lipinski definition) is 5. The number of piperazine rings is 1. The van der Waals surface area contributed by atoms with E-state index in [0.29, 0.717) is 5.96 Å². The Kier molecular flexibility index (Phi) is 3.97. The van der Waals surface area contributed by atoms with Gasteiger partial charge in [0.25, 0.3) is 0 Å². The number of aliphatic imine (C=N–C) groups is 2. The van der Waals surface area contributed by atoms with Gasteiger partial charge in [-0.2, -0.15) is 0 Å². The molecular weight excluding hydrogens is 250 g/mol. The summed E-state index contributed by atoms with van der Waals surface area (Å²) in [6.07, 6.45) is 2.85. The maximum absolute atomic E-state index is 4.34. The number of guanidine groups is 1. The van der Waals surface area contributed by atoms with Crippen molar-refractivity contribution in [2.24, 2.45) is 9.98 Å². The van der Waals surface area contributed by atoms with Gasteiger partial charge in [-0.1, -0.05) is 0 Å². The third kappa shape index (κ3) is 3.17. The largest absolute Gasteiger partial charge is 0.369 e. The van der Waals surface area contributed by atoms with Crippen LogP contribution in [0.15, 0.2) is 34.3 Å². The van der Waals surface area contributed by atoms with Crippen LogP contribution in [0.3, 0.4) is 0 Å². The van der Waals surface area contributed by atoms with E-state index in [-0.39, 0.29) is 0 Å². The Balaban J connectivity index is 1.62. The third-order valence-corrected chi connectivity index (χ3v) is 3.73. The van der Waals surface area contributed by atoms with E-state index >= 15 is 0 Å². The normalized spacial score (nSPS) is 19.9. The van der Waals surface area contributed by atoms with Crippen LogP contribution in [0, 0.1) is 0 Å². The maximum Gasteiger partial charge on any atom is 0.222 e. The highest BCUT2D eigenvalue weighted by Gasteiger charge is 2.13. The molecule has 5 heteroatoms. The molecule has 0 amide bonds. The molecule has 1 saturated heterocycles. The Labute approximate surface area is 120 Å². The van der Waals surface area contributed by atoms with Crippen LogP contribution in [0.1, 0.15) is 6.42 Å². The topological polar surface area (TPSA) is 43.2 Å². The van der Waals surface area contributed by atoms with E-state index in [1.54, 1.807) is 0 Å². The van der Waals surface area contributed by atoms with Gasteiger partial charge in [-0.25, -0.2) is 4.99 Å². The summed E-state index contributed by atoms with van der Waals surface area (Å²) in [6, 6.07) is 8.53. The van der Waals surface area contributed by atoms with Gasteiger partial charge in [0.2, 0.25) is 5.96 Å². The highest BCUT2D eigenvalue weighted by Crippen LogP contribution is 2.19. The highest BCUT2D eigenvalue weighted by atomic mass is 15.2. The summed E-state index contributed by atoms with van der Waals surface area (Å²) in [7, 11) is 2.18. The van der Waals surface area contributed by atoms with Crippen molar-refractivity contribution in [2.45, 2.75) is 6.42 Å². The van der Waals surface area contributed by atoms with Gasteiger partial charge in [0.05, 0.1) is 0 Å². The predicted octanol–water partition coefficient (Wildman–Crippen LogP) is 1.68. The lowest BCUT2D eigenvalue weighted by Gasteiger charge is -2.34. The Bertz CT molecular complexity index is 498. The number of rotatable bonds is 2. The van der Waals surface area contributed by atoms with E-state index in [0.717, 1.165) is 44.8 Å². The molecule has 20 heavy (non-hydrogen) atoms. The zero-order chi connectivity index (χ0) is 13.8. The maximum atomic E-state index is 4.34. The Morgan fingerprint density at radius 3 is 2.45 bits per heavy atom. The molecule has 0 saturated carbocycles. The van der Waals surface area contributed by atoms with Gasteiger partial charge in [0, 0.05) is 56.7 Å². The lowest BCUT2D eigenvalue weighted by Crippen LogP contribution is -2.44. The van der Waals surface area contributed by atoms with Crippen molar-refractivity contribution < 1.29 is 0 Å². The summed E-state index contributed by atoms with van der Waals surface area (Å²) in [5.41, 5.74) is 2.33. The quantitative estimate of drug-likeness (QED) is 0.890. The first-order chi connectivity index (χ1) is 9.81. The van der Waals surface area contributed by atoms with Crippen LogP contribution in [-0.4, -0.2) is 56.8 Å². The summed E-state index contributed by atoms with van der Waals surface area (Å²) in [5, 5.41) is 3.24. The van der Waals surface area contributed by atoms with Crippen LogP contribution in [0.25, 0.3) is 0 Å². The Hall–Kier alpha value is -1.88. The van der Waals surface area contributed by atoms with Crippen LogP contribution in [0.5, 0.6) is 0 Å². The molecule has 0 aromatic heterocycles. The fraction of sp³-hybridized carbons (Fsp3) is 0.467. The monoisotopic (exact) mass is 271 g/mol. The molecule has 0 spiro atoms. The van der Waals surface area contributed by atoms with Gasteiger partial charge in [0.15, 0.2) is 0 Å². The molecule has 2 aliphatic heterocycles. The van der Waals surface area contributed by atoms with E-state index in [4.69, 9.17) is 0 Å². The fourth-order valence-electron chi connectivity index (χ4n) is 2.44. The summed E-state index contributed by atoms with van der Waals surface area (Å²) in [5.74, 6) is 0.712. The molecule has 106 valence electrons. The number of nitrogens with zero attached hydrogens (tertiary/aromatic N) is 4. The van der Waals surface area contributed by atoms with Crippen molar-refractivity contribution in [3.63, 3.8) is 0 Å². The zero-order valence-electron chi connectivity index (χ0n) is 11.9. The van der Waals surface area contributed by atoms with Crippen LogP contribution in [-0.2, 0) is 0 Å². The van der Waals surface area contributed by atoms with Crippen molar-refractivity contribution in [2.75, 3.05) is 50.0 Å². The van der Waals surface area contributed by atoms with E-state index in [1.807, 2.05) is 6.21 Å². The molecule has 1 aromatic carbocycles. The average Bonchev–Trinajstić information content (AvgIpc) is 2.50. The van der Waals surface area contributed by atoms with E-state index in [2.05, 4.69) is 56.4 Å². The third-order valence-electron chi connectivity index (χ3n) is 3.73. The first-order valence-corrected chi connectivity index (χ1v) is 7.19. The van der Waals surface area contributed by atoms with Gasteiger partial charge in [-0.3, -0.25) is 4.99 Å². The van der Waals surface area contributed by atoms with Crippen molar-refractivity contribution in [1.82, 2.24) is 4.90 Å². The molecule has 0 aliphatic carbocycles. The van der Waals surface area contributed by atoms with Gasteiger partial charge < -0.3 is 15.1 Å². The van der Waals surface area contributed by atoms with Crippen LogP contribution < -0.4 is 10.2 Å². The van der Waals surface area contributed by atoms with E-state index < -0.39 is 0 Å². The summed E-state index contributed by atoms with van der Waals surface area (Å²) < 4.78 is 0. The second-order valence-corrected chi connectivity index (χ2v) is 5.27. The molecule has 3 rings (SSSR count). The van der Waals surface area contributed by atoms with E-state index in [1.165, 1.54) is 5.69 Å². The second kappa shape index (κ2) is 6.05. The number of hydrogen-bond donors (Lipinski definition) is 1. The van der Waals surface area contributed by atoms with Crippen molar-refractivity contribution in [1.29, 1.82) is 0 Å². The molecule has 0 atom stereocenters. The minimum atomic E-state index is 0.712. The van der Waals surface area contributed by atoms with E-state index in [9.17, 15) is 0 Å². The summed E-state index contributed by atoms with van der Waals surface area (Å²) in [4.78, 5) is 13.4. The molecule has 0 unspecified atom stereocenters. The average molecular weight is 271 g/mol. The second-order valence-electron chi connectivity index (χ2n) is 5.27. The molecule has 1 N–H and O–H groups in total. The highest BCUT2D eigenvalue weighted by molar-refractivity contribution is 5.99. The molecule has 1 fully saturated rings. The van der Waals surface area contributed by atoms with Gasteiger partial charge in [0.1, 0.15) is 0 Å². The standard InChI is InChI=1S/C15H21N5/c1-19-9-11-20(12-10-19)14-5-3-13(4-6-14)18-15-16-7-2-8-17-15/h3-7H,2,8-12H2,1H3,(H,17,18). The summed E-state index contributed by atoms with van der Waals surface area (Å²) in [6.45, 7) is 5.28.